The Hall–Kier alpha value is -2.73. The van der Waals surface area contributed by atoms with Crippen LogP contribution in [0.5, 0.6) is 0 Å². The molecular weight excluding hydrogens is 363 g/mol. The third kappa shape index (κ3) is 3.71. The van der Waals surface area contributed by atoms with E-state index in [1.807, 2.05) is 37.8 Å². The fourth-order valence-corrected chi connectivity index (χ4v) is 3.80. The molecular formula is C21H21FN2O2S. The number of esters is 1. The van der Waals surface area contributed by atoms with Crippen molar-refractivity contribution in [3.63, 3.8) is 0 Å². The minimum Gasteiger partial charge on any atom is -0.466 e. The van der Waals surface area contributed by atoms with Crippen LogP contribution in [-0.4, -0.2) is 18.2 Å². The summed E-state index contributed by atoms with van der Waals surface area (Å²) in [4.78, 5) is 14.4. The van der Waals surface area contributed by atoms with Crippen molar-refractivity contribution in [1.29, 1.82) is 0 Å². The summed E-state index contributed by atoms with van der Waals surface area (Å²) < 4.78 is 18.8. The number of nitrogens with zero attached hydrogens (tertiary/aromatic N) is 1. The second kappa shape index (κ2) is 7.48. The van der Waals surface area contributed by atoms with E-state index in [9.17, 15) is 9.18 Å². The predicted molar refractivity (Wildman–Crippen MR) is 108 cm³/mol. The lowest BCUT2D eigenvalue weighted by atomic mass is 9.94. The standard InChI is InChI=1S/C21H21FN2O2S/c1-12-8-13(2)10-17(9-12)24-14(3)18(20(25)26-4)19(23-21(24)27)15-6-5-7-16(22)11-15/h5-11,19H,1-4H3,(H,23,27)/t19-/m0/s1. The van der Waals surface area contributed by atoms with E-state index in [0.717, 1.165) is 16.8 Å². The Morgan fingerprint density at radius 1 is 1.15 bits per heavy atom. The first-order valence-corrected chi connectivity index (χ1v) is 8.96. The monoisotopic (exact) mass is 384 g/mol. The van der Waals surface area contributed by atoms with Crippen LogP contribution in [0.4, 0.5) is 10.1 Å². The predicted octanol–water partition coefficient (Wildman–Crippen LogP) is 4.33. The van der Waals surface area contributed by atoms with Crippen molar-refractivity contribution in [3.05, 3.63) is 76.2 Å². The number of methoxy groups -OCH3 is 1. The van der Waals surface area contributed by atoms with Crippen molar-refractivity contribution in [1.82, 2.24) is 5.32 Å². The number of hydrogen-bond donors (Lipinski definition) is 1. The molecule has 140 valence electrons. The van der Waals surface area contributed by atoms with E-state index < -0.39 is 12.0 Å². The molecule has 6 heteroatoms. The second-order valence-corrected chi connectivity index (χ2v) is 7.00. The normalized spacial score (nSPS) is 17.0. The van der Waals surface area contributed by atoms with Crippen LogP contribution >= 0.6 is 12.2 Å². The maximum Gasteiger partial charge on any atom is 0.337 e. The molecule has 0 saturated heterocycles. The van der Waals surface area contributed by atoms with E-state index in [2.05, 4.69) is 11.4 Å². The molecule has 4 nitrogen and oxygen atoms in total. The highest BCUT2D eigenvalue weighted by atomic mass is 32.1. The van der Waals surface area contributed by atoms with Crippen LogP contribution in [0.3, 0.4) is 0 Å². The molecule has 1 aliphatic rings. The Bertz CT molecular complexity index is 935. The van der Waals surface area contributed by atoms with Crippen LogP contribution < -0.4 is 10.2 Å². The van der Waals surface area contributed by atoms with Gasteiger partial charge in [-0.05, 0) is 73.9 Å². The third-order valence-corrected chi connectivity index (χ3v) is 4.84. The minimum atomic E-state index is -0.581. The van der Waals surface area contributed by atoms with Crippen molar-refractivity contribution in [2.45, 2.75) is 26.8 Å². The molecule has 1 N–H and O–H groups in total. The number of hydrogen-bond acceptors (Lipinski definition) is 3. The van der Waals surface area contributed by atoms with E-state index in [1.54, 1.807) is 12.1 Å². The summed E-state index contributed by atoms with van der Waals surface area (Å²) in [5, 5.41) is 3.62. The summed E-state index contributed by atoms with van der Waals surface area (Å²) in [6.45, 7) is 5.84. The zero-order chi connectivity index (χ0) is 19.7. The van der Waals surface area contributed by atoms with E-state index >= 15 is 0 Å². The molecule has 1 aliphatic heterocycles. The van der Waals surface area contributed by atoms with Gasteiger partial charge < -0.3 is 10.1 Å². The maximum atomic E-state index is 13.8. The molecule has 0 radical (unpaired) electrons. The quantitative estimate of drug-likeness (QED) is 0.630. The molecule has 3 rings (SSSR count). The van der Waals surface area contributed by atoms with E-state index in [4.69, 9.17) is 17.0 Å². The molecule has 27 heavy (non-hydrogen) atoms. The lowest BCUT2D eigenvalue weighted by molar-refractivity contribution is -0.136. The minimum absolute atomic E-state index is 0.376. The summed E-state index contributed by atoms with van der Waals surface area (Å²) in [5.74, 6) is -0.857. The van der Waals surface area contributed by atoms with Gasteiger partial charge in [-0.25, -0.2) is 9.18 Å². The highest BCUT2D eigenvalue weighted by Gasteiger charge is 2.35. The molecule has 1 atom stereocenters. The van der Waals surface area contributed by atoms with Crippen molar-refractivity contribution in [2.75, 3.05) is 12.0 Å². The third-order valence-electron chi connectivity index (χ3n) is 4.54. The highest BCUT2D eigenvalue weighted by molar-refractivity contribution is 7.80. The number of allylic oxidation sites excluding steroid dienone is 1. The first-order valence-electron chi connectivity index (χ1n) is 8.55. The Kier molecular flexibility index (Phi) is 5.28. The van der Waals surface area contributed by atoms with Gasteiger partial charge in [0, 0.05) is 11.4 Å². The van der Waals surface area contributed by atoms with Gasteiger partial charge in [-0.1, -0.05) is 18.2 Å². The Balaban J connectivity index is 2.17. The van der Waals surface area contributed by atoms with E-state index in [-0.39, 0.29) is 5.82 Å². The summed E-state index contributed by atoms with van der Waals surface area (Å²) in [7, 11) is 1.33. The van der Waals surface area contributed by atoms with Crippen LogP contribution in [0.25, 0.3) is 0 Å². The molecule has 1 heterocycles. The molecule has 2 aromatic carbocycles. The van der Waals surface area contributed by atoms with Crippen LogP contribution in [0.15, 0.2) is 53.7 Å². The van der Waals surface area contributed by atoms with Crippen molar-refractivity contribution >= 4 is 29.0 Å². The van der Waals surface area contributed by atoms with Gasteiger partial charge in [-0.15, -0.1) is 0 Å². The summed E-state index contributed by atoms with van der Waals surface area (Å²) in [5.41, 5.74) is 4.71. The molecule has 0 fully saturated rings. The molecule has 0 saturated carbocycles. The highest BCUT2D eigenvalue weighted by Crippen LogP contribution is 2.34. The maximum absolute atomic E-state index is 13.8. The van der Waals surface area contributed by atoms with Crippen molar-refractivity contribution in [2.24, 2.45) is 0 Å². The Labute approximate surface area is 163 Å². The number of carbonyl (C=O) groups excluding carboxylic acids is 1. The zero-order valence-corrected chi connectivity index (χ0v) is 16.5. The smallest absolute Gasteiger partial charge is 0.337 e. The molecule has 0 unspecified atom stereocenters. The fourth-order valence-electron chi connectivity index (χ4n) is 3.44. The SMILES string of the molecule is COC(=O)C1=C(C)N(c2cc(C)cc(C)c2)C(=S)N[C@H]1c1cccc(F)c1. The number of thiocarbonyl (C=S) groups is 1. The number of ether oxygens (including phenoxy) is 1. The van der Waals surface area contributed by atoms with Gasteiger partial charge in [0.2, 0.25) is 0 Å². The van der Waals surface area contributed by atoms with E-state index in [0.29, 0.717) is 21.9 Å². The first-order chi connectivity index (χ1) is 12.8. The first kappa shape index (κ1) is 19.0. The van der Waals surface area contributed by atoms with Crippen LogP contribution in [0, 0.1) is 19.7 Å². The zero-order valence-electron chi connectivity index (χ0n) is 15.7. The Morgan fingerprint density at radius 2 is 1.81 bits per heavy atom. The molecule has 0 bridgehead atoms. The average Bonchev–Trinajstić information content (AvgIpc) is 2.60. The summed E-state index contributed by atoms with van der Waals surface area (Å²) in [6.07, 6.45) is 0. The Morgan fingerprint density at radius 3 is 2.41 bits per heavy atom. The lowest BCUT2D eigenvalue weighted by Gasteiger charge is -2.37. The summed E-state index contributed by atoms with van der Waals surface area (Å²) in [6, 6.07) is 11.6. The summed E-state index contributed by atoms with van der Waals surface area (Å²) >= 11 is 5.59. The van der Waals surface area contributed by atoms with Crippen LogP contribution in [0.1, 0.15) is 29.7 Å². The number of anilines is 1. The molecule has 0 amide bonds. The number of nitrogens with one attached hydrogen (secondary N) is 1. The van der Waals surface area contributed by atoms with Crippen LogP contribution in [0.2, 0.25) is 0 Å². The molecule has 0 spiro atoms. The van der Waals surface area contributed by atoms with Crippen LogP contribution in [-0.2, 0) is 9.53 Å². The molecule has 0 aliphatic carbocycles. The number of aryl methyl sites for hydroxylation is 2. The van der Waals surface area contributed by atoms with Gasteiger partial charge in [0.25, 0.3) is 0 Å². The largest absolute Gasteiger partial charge is 0.466 e. The number of halogens is 1. The fraction of sp³-hybridized carbons (Fsp3) is 0.238. The van der Waals surface area contributed by atoms with Crippen molar-refractivity contribution < 1.29 is 13.9 Å². The average molecular weight is 384 g/mol. The van der Waals surface area contributed by atoms with Gasteiger partial charge in [0.1, 0.15) is 5.82 Å². The number of rotatable bonds is 3. The van der Waals surface area contributed by atoms with Gasteiger partial charge in [0.15, 0.2) is 5.11 Å². The number of carbonyl (C=O) groups is 1. The molecule has 0 aromatic heterocycles. The lowest BCUT2D eigenvalue weighted by Crippen LogP contribution is -2.48. The topological polar surface area (TPSA) is 41.6 Å². The van der Waals surface area contributed by atoms with Gasteiger partial charge >= 0.3 is 5.97 Å². The van der Waals surface area contributed by atoms with Gasteiger partial charge in [-0.3, -0.25) is 4.90 Å². The second-order valence-electron chi connectivity index (χ2n) is 6.61. The molecule has 2 aromatic rings. The van der Waals surface area contributed by atoms with Gasteiger partial charge in [0.05, 0.1) is 18.7 Å². The number of benzene rings is 2. The van der Waals surface area contributed by atoms with Crippen molar-refractivity contribution in [3.8, 4) is 0 Å². The van der Waals surface area contributed by atoms with E-state index in [1.165, 1.54) is 19.2 Å². The van der Waals surface area contributed by atoms with Gasteiger partial charge in [-0.2, -0.15) is 0 Å².